The number of hydrogen-bond acceptors (Lipinski definition) is 4. The zero-order valence-electron chi connectivity index (χ0n) is 9.29. The summed E-state index contributed by atoms with van der Waals surface area (Å²) in [7, 11) is 1.61. The van der Waals surface area contributed by atoms with Gasteiger partial charge in [0.2, 0.25) is 5.88 Å². The highest BCUT2D eigenvalue weighted by atomic mass is 16.5. The smallest absolute Gasteiger partial charge is 0.218 e. The van der Waals surface area contributed by atoms with Crippen molar-refractivity contribution in [1.29, 1.82) is 0 Å². The zero-order chi connectivity index (χ0) is 11.5. The van der Waals surface area contributed by atoms with Crippen LogP contribution in [0.1, 0.15) is 18.5 Å². The number of ether oxygens (including phenoxy) is 1. The van der Waals surface area contributed by atoms with E-state index in [1.165, 1.54) is 0 Å². The van der Waals surface area contributed by atoms with Crippen molar-refractivity contribution < 1.29 is 4.74 Å². The number of anilines is 1. The molecule has 0 fully saturated rings. The third kappa shape index (κ3) is 1.84. The maximum Gasteiger partial charge on any atom is 0.218 e. The average molecular weight is 218 g/mol. The lowest BCUT2D eigenvalue weighted by Crippen LogP contribution is -2.09. The first-order valence-corrected chi connectivity index (χ1v) is 5.01. The fourth-order valence-corrected chi connectivity index (χ4v) is 1.60. The average Bonchev–Trinajstić information content (AvgIpc) is 2.75. The highest BCUT2D eigenvalue weighted by molar-refractivity contribution is 5.33. The van der Waals surface area contributed by atoms with Crippen LogP contribution in [-0.4, -0.2) is 21.9 Å². The first-order chi connectivity index (χ1) is 7.72. The fourth-order valence-electron chi connectivity index (χ4n) is 1.60. The molecule has 0 aliphatic heterocycles. The number of pyridine rings is 1. The lowest BCUT2D eigenvalue weighted by molar-refractivity contribution is 0.384. The van der Waals surface area contributed by atoms with Gasteiger partial charge in [-0.25, -0.2) is 4.98 Å². The fraction of sp³-hybridized carbons (Fsp3) is 0.273. The maximum absolute atomic E-state index is 5.63. The molecule has 2 aromatic rings. The van der Waals surface area contributed by atoms with Crippen LogP contribution in [0.15, 0.2) is 30.7 Å². The Kier molecular flexibility index (Phi) is 2.76. The summed E-state index contributed by atoms with van der Waals surface area (Å²) in [5, 5.41) is 4.18. The van der Waals surface area contributed by atoms with Gasteiger partial charge in [-0.2, -0.15) is 5.10 Å². The standard InChI is InChI=1S/C11H14N4O/c1-8(15-7-9(12)6-14-15)10-4-3-5-13-11(10)16-2/h3-8H,12H2,1-2H3/t8-/m0/s1. The van der Waals surface area contributed by atoms with Gasteiger partial charge in [0.1, 0.15) is 0 Å². The van der Waals surface area contributed by atoms with E-state index in [9.17, 15) is 0 Å². The van der Waals surface area contributed by atoms with Gasteiger partial charge in [0.15, 0.2) is 0 Å². The largest absolute Gasteiger partial charge is 0.481 e. The van der Waals surface area contributed by atoms with Crippen molar-refractivity contribution >= 4 is 5.69 Å². The second-order valence-corrected chi connectivity index (χ2v) is 3.53. The van der Waals surface area contributed by atoms with Crippen LogP contribution in [0.25, 0.3) is 0 Å². The van der Waals surface area contributed by atoms with E-state index in [1.54, 1.807) is 30.4 Å². The molecule has 5 nitrogen and oxygen atoms in total. The highest BCUT2D eigenvalue weighted by Gasteiger charge is 2.14. The molecular weight excluding hydrogens is 204 g/mol. The second kappa shape index (κ2) is 4.22. The Hall–Kier alpha value is -2.04. The van der Waals surface area contributed by atoms with Crippen molar-refractivity contribution in [3.63, 3.8) is 0 Å². The molecule has 2 rings (SSSR count). The molecule has 0 spiro atoms. The molecule has 0 radical (unpaired) electrons. The van der Waals surface area contributed by atoms with Crippen LogP contribution in [0.4, 0.5) is 5.69 Å². The molecule has 0 aliphatic carbocycles. The minimum absolute atomic E-state index is 0.0425. The van der Waals surface area contributed by atoms with E-state index in [-0.39, 0.29) is 6.04 Å². The number of nitrogens with two attached hydrogens (primary N) is 1. The summed E-state index contributed by atoms with van der Waals surface area (Å²) < 4.78 is 7.00. The number of hydrogen-bond donors (Lipinski definition) is 1. The monoisotopic (exact) mass is 218 g/mol. The number of methoxy groups -OCH3 is 1. The Labute approximate surface area is 93.9 Å². The van der Waals surface area contributed by atoms with E-state index in [1.807, 2.05) is 19.1 Å². The predicted octanol–water partition coefficient (Wildman–Crippen LogP) is 1.48. The normalized spacial score (nSPS) is 12.4. The SMILES string of the molecule is COc1ncccc1[C@H](C)n1cc(N)cn1. The summed E-state index contributed by atoms with van der Waals surface area (Å²) in [6.45, 7) is 2.02. The lowest BCUT2D eigenvalue weighted by atomic mass is 10.1. The van der Waals surface area contributed by atoms with Gasteiger partial charge in [0.05, 0.1) is 25.0 Å². The van der Waals surface area contributed by atoms with E-state index in [0.717, 1.165) is 5.56 Å². The molecule has 0 aliphatic rings. The molecular formula is C11H14N4O. The topological polar surface area (TPSA) is 66.0 Å². The van der Waals surface area contributed by atoms with E-state index in [2.05, 4.69) is 10.1 Å². The van der Waals surface area contributed by atoms with Crippen molar-refractivity contribution in [2.45, 2.75) is 13.0 Å². The Morgan fingerprint density at radius 3 is 2.94 bits per heavy atom. The summed E-state index contributed by atoms with van der Waals surface area (Å²) in [6.07, 6.45) is 5.11. The molecule has 0 saturated heterocycles. The second-order valence-electron chi connectivity index (χ2n) is 3.53. The van der Waals surface area contributed by atoms with Crippen molar-refractivity contribution in [2.24, 2.45) is 0 Å². The van der Waals surface area contributed by atoms with Crippen molar-refractivity contribution in [1.82, 2.24) is 14.8 Å². The van der Waals surface area contributed by atoms with E-state index < -0.39 is 0 Å². The van der Waals surface area contributed by atoms with Crippen LogP contribution in [-0.2, 0) is 0 Å². The van der Waals surface area contributed by atoms with Gasteiger partial charge in [-0.3, -0.25) is 4.68 Å². The third-order valence-electron chi connectivity index (χ3n) is 2.46. The van der Waals surface area contributed by atoms with E-state index in [0.29, 0.717) is 11.6 Å². The summed E-state index contributed by atoms with van der Waals surface area (Å²) >= 11 is 0. The minimum Gasteiger partial charge on any atom is -0.481 e. The van der Waals surface area contributed by atoms with Crippen molar-refractivity contribution in [2.75, 3.05) is 12.8 Å². The Morgan fingerprint density at radius 1 is 1.50 bits per heavy atom. The van der Waals surface area contributed by atoms with Crippen molar-refractivity contribution in [3.05, 3.63) is 36.3 Å². The van der Waals surface area contributed by atoms with Crippen LogP contribution < -0.4 is 10.5 Å². The van der Waals surface area contributed by atoms with Crippen LogP contribution in [0.5, 0.6) is 5.88 Å². The first kappa shape index (κ1) is 10.5. The maximum atomic E-state index is 5.63. The summed E-state index contributed by atoms with van der Waals surface area (Å²) in [4.78, 5) is 4.16. The molecule has 16 heavy (non-hydrogen) atoms. The molecule has 0 saturated carbocycles. The molecule has 2 aromatic heterocycles. The number of nitrogens with zero attached hydrogens (tertiary/aromatic N) is 3. The summed E-state index contributed by atoms with van der Waals surface area (Å²) in [5.74, 6) is 0.615. The molecule has 1 atom stereocenters. The lowest BCUT2D eigenvalue weighted by Gasteiger charge is -2.14. The number of nitrogen functional groups attached to an aromatic ring is 1. The third-order valence-corrected chi connectivity index (χ3v) is 2.46. The molecule has 0 unspecified atom stereocenters. The van der Waals surface area contributed by atoms with Gasteiger partial charge in [0, 0.05) is 18.0 Å². The van der Waals surface area contributed by atoms with Gasteiger partial charge in [-0.1, -0.05) is 0 Å². The van der Waals surface area contributed by atoms with Crippen LogP contribution >= 0.6 is 0 Å². The molecule has 0 aromatic carbocycles. The Balaban J connectivity index is 2.36. The molecule has 2 N–H and O–H groups in total. The quantitative estimate of drug-likeness (QED) is 0.847. The molecule has 5 heteroatoms. The minimum atomic E-state index is 0.0425. The molecule has 2 heterocycles. The Bertz CT molecular complexity index is 480. The predicted molar refractivity (Wildman–Crippen MR) is 61.2 cm³/mol. The van der Waals surface area contributed by atoms with Gasteiger partial charge in [0.25, 0.3) is 0 Å². The first-order valence-electron chi connectivity index (χ1n) is 5.01. The summed E-state index contributed by atoms with van der Waals surface area (Å²) in [5.41, 5.74) is 7.26. The Morgan fingerprint density at radius 2 is 2.31 bits per heavy atom. The zero-order valence-corrected chi connectivity index (χ0v) is 9.29. The highest BCUT2D eigenvalue weighted by Crippen LogP contribution is 2.25. The van der Waals surface area contributed by atoms with E-state index >= 15 is 0 Å². The molecule has 84 valence electrons. The van der Waals surface area contributed by atoms with Crippen LogP contribution in [0, 0.1) is 0 Å². The number of aromatic nitrogens is 3. The van der Waals surface area contributed by atoms with Crippen molar-refractivity contribution in [3.8, 4) is 5.88 Å². The van der Waals surface area contributed by atoms with Crippen LogP contribution in [0.2, 0.25) is 0 Å². The summed E-state index contributed by atoms with van der Waals surface area (Å²) in [6, 6.07) is 3.89. The van der Waals surface area contributed by atoms with Gasteiger partial charge < -0.3 is 10.5 Å². The molecule has 0 bridgehead atoms. The number of rotatable bonds is 3. The van der Waals surface area contributed by atoms with Gasteiger partial charge in [-0.05, 0) is 19.1 Å². The van der Waals surface area contributed by atoms with Gasteiger partial charge >= 0.3 is 0 Å². The molecule has 0 amide bonds. The van der Waals surface area contributed by atoms with E-state index in [4.69, 9.17) is 10.5 Å². The van der Waals surface area contributed by atoms with Crippen LogP contribution in [0.3, 0.4) is 0 Å². The van der Waals surface area contributed by atoms with Gasteiger partial charge in [-0.15, -0.1) is 0 Å².